The number of hydrogen-bond acceptors (Lipinski definition) is 5. The third-order valence-electron chi connectivity index (χ3n) is 4.28. The van der Waals surface area contributed by atoms with Gasteiger partial charge < -0.3 is 10.3 Å². The smallest absolute Gasteiger partial charge is 0.232 e. The van der Waals surface area contributed by atoms with Crippen LogP contribution in [0.2, 0.25) is 5.02 Å². The molecule has 4 aromatic rings. The summed E-state index contributed by atoms with van der Waals surface area (Å²) in [5.41, 5.74) is 3.71. The third-order valence-corrected chi connectivity index (χ3v) is 4.70. The third kappa shape index (κ3) is 3.89. The zero-order valence-electron chi connectivity index (χ0n) is 15.6. The molecule has 0 saturated heterocycles. The summed E-state index contributed by atoms with van der Waals surface area (Å²) in [7, 11) is 0. The maximum absolute atomic E-state index is 6.16. The van der Waals surface area contributed by atoms with E-state index in [-0.39, 0.29) is 0 Å². The lowest BCUT2D eigenvalue weighted by Gasteiger charge is -2.08. The monoisotopic (exact) mass is 393 g/mol. The standard InChI is InChI=1S/C20H20ClN7/c1-3-5-14-11-17(28-27-14)23-20-25-18(13-7-8-15(21)12(2)10-13)24-19(26-20)16-6-4-9-22-16/h4,6-11,22H,3,5H2,1-2H3,(H2,23,24,25,26,27,28). The number of halogens is 1. The summed E-state index contributed by atoms with van der Waals surface area (Å²) in [6.45, 7) is 4.08. The first-order chi connectivity index (χ1) is 13.6. The van der Waals surface area contributed by atoms with Gasteiger partial charge in [-0.05, 0) is 49.2 Å². The van der Waals surface area contributed by atoms with Crippen molar-refractivity contribution in [2.45, 2.75) is 26.7 Å². The lowest BCUT2D eigenvalue weighted by atomic mass is 10.1. The number of aromatic amines is 2. The Morgan fingerprint density at radius 3 is 2.68 bits per heavy atom. The molecule has 0 bridgehead atoms. The van der Waals surface area contributed by atoms with E-state index in [4.69, 9.17) is 11.6 Å². The van der Waals surface area contributed by atoms with Crippen LogP contribution in [0.25, 0.3) is 22.9 Å². The number of H-pyrrole nitrogens is 2. The Bertz CT molecular complexity index is 1090. The Kier molecular flexibility index (Phi) is 5.08. The minimum absolute atomic E-state index is 0.428. The second-order valence-corrected chi connectivity index (χ2v) is 6.91. The molecule has 0 aliphatic rings. The number of benzene rings is 1. The van der Waals surface area contributed by atoms with Crippen molar-refractivity contribution in [2.75, 3.05) is 5.32 Å². The summed E-state index contributed by atoms with van der Waals surface area (Å²) >= 11 is 6.16. The molecule has 142 valence electrons. The molecule has 8 heteroatoms. The highest BCUT2D eigenvalue weighted by atomic mass is 35.5. The first kappa shape index (κ1) is 18.2. The van der Waals surface area contributed by atoms with Crippen LogP contribution >= 0.6 is 11.6 Å². The fourth-order valence-electron chi connectivity index (χ4n) is 2.87. The molecule has 28 heavy (non-hydrogen) atoms. The molecule has 7 nitrogen and oxygen atoms in total. The Balaban J connectivity index is 1.74. The summed E-state index contributed by atoms with van der Waals surface area (Å²) < 4.78 is 0. The highest BCUT2D eigenvalue weighted by Gasteiger charge is 2.13. The number of hydrogen-bond donors (Lipinski definition) is 3. The van der Waals surface area contributed by atoms with E-state index in [1.165, 1.54) is 0 Å². The van der Waals surface area contributed by atoms with Crippen LogP contribution in [0.3, 0.4) is 0 Å². The van der Waals surface area contributed by atoms with Gasteiger partial charge in [-0.2, -0.15) is 15.1 Å². The average molecular weight is 394 g/mol. The van der Waals surface area contributed by atoms with Gasteiger partial charge >= 0.3 is 0 Å². The van der Waals surface area contributed by atoms with Gasteiger partial charge in [-0.25, -0.2) is 4.98 Å². The van der Waals surface area contributed by atoms with E-state index < -0.39 is 0 Å². The van der Waals surface area contributed by atoms with Gasteiger partial charge in [0.15, 0.2) is 17.5 Å². The van der Waals surface area contributed by atoms with Crippen LogP contribution in [-0.4, -0.2) is 30.1 Å². The van der Waals surface area contributed by atoms with Crippen molar-refractivity contribution in [1.29, 1.82) is 0 Å². The molecule has 3 heterocycles. The van der Waals surface area contributed by atoms with Crippen LogP contribution in [-0.2, 0) is 6.42 Å². The molecule has 0 saturated carbocycles. The van der Waals surface area contributed by atoms with E-state index in [1.807, 2.05) is 49.5 Å². The van der Waals surface area contributed by atoms with Crippen molar-refractivity contribution < 1.29 is 0 Å². The lowest BCUT2D eigenvalue weighted by Crippen LogP contribution is -2.03. The van der Waals surface area contributed by atoms with Crippen molar-refractivity contribution >= 4 is 23.4 Å². The van der Waals surface area contributed by atoms with Gasteiger partial charge in [0.05, 0.1) is 5.69 Å². The molecular formula is C20H20ClN7. The Hall–Kier alpha value is -3.19. The Morgan fingerprint density at radius 1 is 1.07 bits per heavy atom. The predicted octanol–water partition coefficient (Wildman–Crippen LogP) is 4.91. The number of nitrogens with zero attached hydrogens (tertiary/aromatic N) is 4. The van der Waals surface area contributed by atoms with Gasteiger partial charge in [0, 0.05) is 28.5 Å². The van der Waals surface area contributed by atoms with E-state index in [0.29, 0.717) is 28.4 Å². The molecule has 0 fully saturated rings. The molecular weight excluding hydrogens is 374 g/mol. The molecule has 3 aromatic heterocycles. The fourth-order valence-corrected chi connectivity index (χ4v) is 2.99. The topological polar surface area (TPSA) is 95.2 Å². The van der Waals surface area contributed by atoms with Crippen molar-refractivity contribution in [2.24, 2.45) is 0 Å². The van der Waals surface area contributed by atoms with Gasteiger partial charge in [-0.1, -0.05) is 24.9 Å². The predicted molar refractivity (Wildman–Crippen MR) is 111 cm³/mol. The highest BCUT2D eigenvalue weighted by molar-refractivity contribution is 6.31. The molecule has 0 spiro atoms. The van der Waals surface area contributed by atoms with E-state index in [9.17, 15) is 0 Å². The first-order valence-corrected chi connectivity index (χ1v) is 9.48. The highest BCUT2D eigenvalue weighted by Crippen LogP contribution is 2.25. The molecule has 3 N–H and O–H groups in total. The minimum Gasteiger partial charge on any atom is -0.359 e. The van der Waals surface area contributed by atoms with E-state index >= 15 is 0 Å². The molecule has 0 atom stereocenters. The van der Waals surface area contributed by atoms with Gasteiger partial charge in [0.25, 0.3) is 0 Å². The van der Waals surface area contributed by atoms with Crippen molar-refractivity contribution in [3.63, 3.8) is 0 Å². The SMILES string of the molecule is CCCc1cc(Nc2nc(-c3ccc(Cl)c(C)c3)nc(-c3ccc[nH]3)n2)n[nH]1. The van der Waals surface area contributed by atoms with Crippen LogP contribution in [0.1, 0.15) is 24.6 Å². The molecule has 0 unspecified atom stereocenters. The van der Waals surface area contributed by atoms with Gasteiger partial charge in [-0.3, -0.25) is 5.10 Å². The number of rotatable bonds is 6. The number of aryl methyl sites for hydroxylation is 2. The van der Waals surface area contributed by atoms with Crippen LogP contribution in [0, 0.1) is 6.92 Å². The summed E-state index contributed by atoms with van der Waals surface area (Å²) in [5, 5.41) is 11.2. The molecule has 4 rings (SSSR count). The molecule has 0 amide bonds. The van der Waals surface area contributed by atoms with Gasteiger partial charge in [0.1, 0.15) is 0 Å². The zero-order chi connectivity index (χ0) is 19.5. The van der Waals surface area contributed by atoms with Crippen molar-refractivity contribution in [1.82, 2.24) is 30.1 Å². The normalized spacial score (nSPS) is 11.0. The van der Waals surface area contributed by atoms with Crippen molar-refractivity contribution in [3.05, 3.63) is 58.9 Å². The Morgan fingerprint density at radius 2 is 1.93 bits per heavy atom. The quantitative estimate of drug-likeness (QED) is 0.432. The maximum Gasteiger partial charge on any atom is 0.232 e. The lowest BCUT2D eigenvalue weighted by molar-refractivity contribution is 0.867. The zero-order valence-corrected chi connectivity index (χ0v) is 16.4. The second-order valence-electron chi connectivity index (χ2n) is 6.51. The second kappa shape index (κ2) is 7.82. The average Bonchev–Trinajstić information content (AvgIpc) is 3.36. The summed E-state index contributed by atoms with van der Waals surface area (Å²) in [4.78, 5) is 16.9. The van der Waals surface area contributed by atoms with Crippen LogP contribution in [0.15, 0.2) is 42.6 Å². The molecule has 1 aromatic carbocycles. The van der Waals surface area contributed by atoms with Crippen LogP contribution in [0.4, 0.5) is 11.8 Å². The summed E-state index contributed by atoms with van der Waals surface area (Å²) in [6.07, 6.45) is 3.82. The van der Waals surface area contributed by atoms with E-state index in [1.54, 1.807) is 0 Å². The number of anilines is 2. The summed E-state index contributed by atoms with van der Waals surface area (Å²) in [6, 6.07) is 11.5. The largest absolute Gasteiger partial charge is 0.359 e. The fraction of sp³-hybridized carbons (Fsp3) is 0.200. The number of aromatic nitrogens is 6. The molecule has 0 radical (unpaired) electrons. The number of nitrogens with one attached hydrogen (secondary N) is 3. The van der Waals surface area contributed by atoms with Crippen LogP contribution in [0.5, 0.6) is 0 Å². The van der Waals surface area contributed by atoms with Crippen LogP contribution < -0.4 is 5.32 Å². The summed E-state index contributed by atoms with van der Waals surface area (Å²) in [5.74, 6) is 2.21. The van der Waals surface area contributed by atoms with Gasteiger partial charge in [-0.15, -0.1) is 0 Å². The maximum atomic E-state index is 6.16. The van der Waals surface area contributed by atoms with Gasteiger partial charge in [0.2, 0.25) is 5.95 Å². The Labute approximate surface area is 167 Å². The van der Waals surface area contributed by atoms with Crippen molar-refractivity contribution in [3.8, 4) is 22.9 Å². The minimum atomic E-state index is 0.428. The molecule has 0 aliphatic carbocycles. The van der Waals surface area contributed by atoms with E-state index in [0.717, 1.165) is 35.4 Å². The first-order valence-electron chi connectivity index (χ1n) is 9.10. The van der Waals surface area contributed by atoms with E-state index in [2.05, 4.69) is 42.4 Å². The molecule has 0 aliphatic heterocycles.